The summed E-state index contributed by atoms with van der Waals surface area (Å²) in [7, 11) is 4.14. The molecule has 0 unspecified atom stereocenters. The first kappa shape index (κ1) is 17.2. The maximum absolute atomic E-state index is 5.88. The molecular weight excluding hydrogens is 310 g/mol. The molecule has 0 fully saturated rings. The quantitative estimate of drug-likeness (QED) is 0.587. The third-order valence-corrected chi connectivity index (χ3v) is 3.99. The molecule has 0 amide bonds. The average molecular weight is 335 g/mol. The van der Waals surface area contributed by atoms with E-state index in [9.17, 15) is 0 Å². The van der Waals surface area contributed by atoms with Crippen molar-refractivity contribution in [3.63, 3.8) is 0 Å². The van der Waals surface area contributed by atoms with Crippen molar-refractivity contribution >= 4 is 0 Å². The monoisotopic (exact) mass is 335 g/mol. The Morgan fingerprint density at radius 3 is 2.32 bits per heavy atom. The van der Waals surface area contributed by atoms with Crippen LogP contribution in [0.4, 0.5) is 0 Å². The van der Waals surface area contributed by atoms with Crippen molar-refractivity contribution in [1.82, 2.24) is 14.7 Å². The molecule has 2 aromatic carbocycles. The first-order chi connectivity index (χ1) is 12.2. The molecule has 0 saturated carbocycles. The lowest BCUT2D eigenvalue weighted by Gasteiger charge is -2.08. The smallest absolute Gasteiger partial charge is 0.233 e. The van der Waals surface area contributed by atoms with Crippen molar-refractivity contribution in [1.29, 1.82) is 0 Å². The first-order valence-electron chi connectivity index (χ1n) is 8.68. The number of para-hydroxylation sites is 1. The predicted octanol–water partition coefficient (Wildman–Crippen LogP) is 3.79. The Bertz CT molecular complexity index is 766. The van der Waals surface area contributed by atoms with Crippen LogP contribution in [0.2, 0.25) is 0 Å². The molecule has 0 spiro atoms. The van der Waals surface area contributed by atoms with Crippen LogP contribution >= 0.6 is 0 Å². The molecule has 0 aliphatic carbocycles. The van der Waals surface area contributed by atoms with Gasteiger partial charge in [-0.25, -0.2) is 4.68 Å². The predicted molar refractivity (Wildman–Crippen MR) is 101 cm³/mol. The number of hydrogen-bond donors (Lipinski definition) is 0. The Labute approximate surface area is 149 Å². The molecule has 0 bridgehead atoms. The van der Waals surface area contributed by atoms with E-state index in [2.05, 4.69) is 66.6 Å². The van der Waals surface area contributed by atoms with Gasteiger partial charge in [0.2, 0.25) is 5.88 Å². The maximum atomic E-state index is 5.88. The molecule has 3 rings (SSSR count). The summed E-state index contributed by atoms with van der Waals surface area (Å²) in [5.41, 5.74) is 3.44. The number of nitrogens with zero attached hydrogens (tertiary/aromatic N) is 3. The van der Waals surface area contributed by atoms with Gasteiger partial charge in [0.05, 0.1) is 18.0 Å². The standard InChI is InChI=1S/C21H25N3O/c1-23(2)14-9-15-25-21-17-20(16-18-10-5-3-6-11-18)24(22-21)19-12-7-4-8-13-19/h3-8,10-13,17H,9,14-16H2,1-2H3. The van der Waals surface area contributed by atoms with Crippen molar-refractivity contribution in [2.24, 2.45) is 0 Å². The Balaban J connectivity index is 1.79. The van der Waals surface area contributed by atoms with Crippen molar-refractivity contribution in [2.45, 2.75) is 12.8 Å². The fraction of sp³-hybridized carbons (Fsp3) is 0.286. The van der Waals surface area contributed by atoms with Gasteiger partial charge in [0.1, 0.15) is 0 Å². The highest BCUT2D eigenvalue weighted by molar-refractivity contribution is 5.36. The van der Waals surface area contributed by atoms with Crippen LogP contribution in [-0.2, 0) is 6.42 Å². The fourth-order valence-corrected chi connectivity index (χ4v) is 2.75. The molecule has 4 heteroatoms. The second-order valence-electron chi connectivity index (χ2n) is 6.39. The average Bonchev–Trinajstić information content (AvgIpc) is 3.03. The van der Waals surface area contributed by atoms with Gasteiger partial charge in [-0.1, -0.05) is 48.5 Å². The van der Waals surface area contributed by atoms with Crippen LogP contribution in [0.1, 0.15) is 17.7 Å². The van der Waals surface area contributed by atoms with Crippen LogP contribution in [0.15, 0.2) is 66.7 Å². The third-order valence-electron chi connectivity index (χ3n) is 3.99. The molecule has 1 aromatic heterocycles. The van der Waals surface area contributed by atoms with Gasteiger partial charge in [0.15, 0.2) is 0 Å². The van der Waals surface area contributed by atoms with Gasteiger partial charge in [-0.05, 0) is 38.2 Å². The summed E-state index contributed by atoms with van der Waals surface area (Å²) in [6, 6.07) is 22.7. The zero-order valence-corrected chi connectivity index (χ0v) is 14.9. The molecular formula is C21H25N3O. The number of benzene rings is 2. The van der Waals surface area contributed by atoms with E-state index >= 15 is 0 Å². The molecule has 130 valence electrons. The number of rotatable bonds is 8. The lowest BCUT2D eigenvalue weighted by molar-refractivity contribution is 0.272. The second kappa shape index (κ2) is 8.49. The summed E-state index contributed by atoms with van der Waals surface area (Å²) in [6.07, 6.45) is 1.81. The number of ether oxygens (including phenoxy) is 1. The number of hydrogen-bond acceptors (Lipinski definition) is 3. The van der Waals surface area contributed by atoms with E-state index in [1.54, 1.807) is 0 Å². The lowest BCUT2D eigenvalue weighted by Crippen LogP contribution is -2.15. The zero-order valence-electron chi connectivity index (χ0n) is 14.9. The van der Waals surface area contributed by atoms with Gasteiger partial charge < -0.3 is 9.64 Å². The fourth-order valence-electron chi connectivity index (χ4n) is 2.75. The van der Waals surface area contributed by atoms with Gasteiger partial charge in [0.25, 0.3) is 0 Å². The topological polar surface area (TPSA) is 30.3 Å². The summed E-state index contributed by atoms with van der Waals surface area (Å²) >= 11 is 0. The highest BCUT2D eigenvalue weighted by atomic mass is 16.5. The minimum atomic E-state index is 0.675. The van der Waals surface area contributed by atoms with Gasteiger partial charge >= 0.3 is 0 Å². The molecule has 1 heterocycles. The SMILES string of the molecule is CN(C)CCCOc1cc(Cc2ccccc2)n(-c2ccccc2)n1. The molecule has 0 radical (unpaired) electrons. The van der Waals surface area contributed by atoms with Crippen LogP contribution in [-0.4, -0.2) is 41.9 Å². The van der Waals surface area contributed by atoms with E-state index in [0.29, 0.717) is 12.5 Å². The molecule has 0 aliphatic heterocycles. The van der Waals surface area contributed by atoms with E-state index in [1.165, 1.54) is 5.56 Å². The molecule has 0 N–H and O–H groups in total. The van der Waals surface area contributed by atoms with Crippen molar-refractivity contribution in [2.75, 3.05) is 27.2 Å². The van der Waals surface area contributed by atoms with E-state index < -0.39 is 0 Å². The Kier molecular flexibility index (Phi) is 5.86. The molecule has 25 heavy (non-hydrogen) atoms. The molecule has 3 aromatic rings. The van der Waals surface area contributed by atoms with Crippen molar-refractivity contribution in [3.8, 4) is 11.6 Å². The van der Waals surface area contributed by atoms with Crippen LogP contribution in [0.25, 0.3) is 5.69 Å². The Hall–Kier alpha value is -2.59. The normalized spacial score (nSPS) is 11.0. The lowest BCUT2D eigenvalue weighted by atomic mass is 10.1. The minimum Gasteiger partial charge on any atom is -0.477 e. The van der Waals surface area contributed by atoms with E-state index in [0.717, 1.165) is 30.8 Å². The van der Waals surface area contributed by atoms with E-state index in [4.69, 9.17) is 4.74 Å². The summed E-state index contributed by atoms with van der Waals surface area (Å²) < 4.78 is 7.86. The van der Waals surface area contributed by atoms with Gasteiger partial charge in [-0.2, -0.15) is 0 Å². The van der Waals surface area contributed by atoms with Crippen LogP contribution in [0.3, 0.4) is 0 Å². The van der Waals surface area contributed by atoms with Gasteiger partial charge in [-0.15, -0.1) is 5.10 Å². The largest absolute Gasteiger partial charge is 0.477 e. The summed E-state index contributed by atoms with van der Waals surface area (Å²) in [5.74, 6) is 0.688. The van der Waals surface area contributed by atoms with Crippen LogP contribution in [0, 0.1) is 0 Å². The Morgan fingerprint density at radius 2 is 1.64 bits per heavy atom. The van der Waals surface area contributed by atoms with E-state index in [-0.39, 0.29) is 0 Å². The number of aromatic nitrogens is 2. The van der Waals surface area contributed by atoms with Crippen LogP contribution < -0.4 is 4.74 Å². The highest BCUT2D eigenvalue weighted by Crippen LogP contribution is 2.20. The Morgan fingerprint density at radius 1 is 0.960 bits per heavy atom. The highest BCUT2D eigenvalue weighted by Gasteiger charge is 2.11. The zero-order chi connectivity index (χ0) is 17.5. The summed E-state index contributed by atoms with van der Waals surface area (Å²) in [6.45, 7) is 1.69. The van der Waals surface area contributed by atoms with Crippen molar-refractivity contribution in [3.05, 3.63) is 78.0 Å². The molecule has 4 nitrogen and oxygen atoms in total. The van der Waals surface area contributed by atoms with Gasteiger partial charge in [-0.3, -0.25) is 0 Å². The molecule has 0 atom stereocenters. The summed E-state index contributed by atoms with van der Waals surface area (Å²) in [4.78, 5) is 2.16. The first-order valence-corrected chi connectivity index (χ1v) is 8.68. The van der Waals surface area contributed by atoms with E-state index in [1.807, 2.05) is 28.9 Å². The van der Waals surface area contributed by atoms with Gasteiger partial charge in [0, 0.05) is 19.0 Å². The van der Waals surface area contributed by atoms with Crippen molar-refractivity contribution < 1.29 is 4.74 Å². The second-order valence-corrected chi connectivity index (χ2v) is 6.39. The minimum absolute atomic E-state index is 0.675. The maximum Gasteiger partial charge on any atom is 0.233 e. The third kappa shape index (κ3) is 4.94. The van der Waals surface area contributed by atoms with Crippen LogP contribution in [0.5, 0.6) is 5.88 Å². The molecule has 0 saturated heterocycles. The molecule has 0 aliphatic rings. The summed E-state index contributed by atoms with van der Waals surface area (Å²) in [5, 5.41) is 4.67.